The normalized spacial score (nSPS) is 10.6. The van der Waals surface area contributed by atoms with Crippen molar-refractivity contribution in [3.05, 3.63) is 57.8 Å². The Kier molecular flexibility index (Phi) is 3.84. The number of benzene rings is 1. The molecule has 0 fully saturated rings. The first kappa shape index (κ1) is 14.2. The highest BCUT2D eigenvalue weighted by Crippen LogP contribution is 2.25. The van der Waals surface area contributed by atoms with E-state index >= 15 is 0 Å². The lowest BCUT2D eigenvalue weighted by Crippen LogP contribution is -2.06. The van der Waals surface area contributed by atoms with Crippen molar-refractivity contribution in [2.75, 3.05) is 5.32 Å². The van der Waals surface area contributed by atoms with Crippen LogP contribution in [-0.4, -0.2) is 19.5 Å². The maximum Gasteiger partial charge on any atom is 0.406 e. The number of nitrogens with one attached hydrogen (secondary N) is 1. The molecule has 22 heavy (non-hydrogen) atoms. The highest BCUT2D eigenvalue weighted by molar-refractivity contribution is 7.13. The zero-order valence-corrected chi connectivity index (χ0v) is 12.6. The van der Waals surface area contributed by atoms with Crippen LogP contribution in [-0.2, 0) is 13.6 Å². The van der Waals surface area contributed by atoms with Crippen molar-refractivity contribution < 1.29 is 4.92 Å². The Morgan fingerprint density at radius 1 is 1.36 bits per heavy atom. The molecule has 0 spiro atoms. The maximum absolute atomic E-state index is 10.9. The summed E-state index contributed by atoms with van der Waals surface area (Å²) in [4.78, 5) is 18.7. The molecule has 0 amide bonds. The fourth-order valence-electron chi connectivity index (χ4n) is 2.03. The number of imidazole rings is 1. The molecule has 1 aromatic carbocycles. The second kappa shape index (κ2) is 5.94. The standard InChI is InChI=1S/C14H13N5O2S/c1-18-9-16-13(19(20)21)12(18)15-7-11-8-22-14(17-11)10-5-3-2-4-6-10/h2-6,8-9,15H,7H2,1H3. The number of aryl methyl sites for hydroxylation is 1. The van der Waals surface area contributed by atoms with Gasteiger partial charge in [-0.3, -0.25) is 4.57 Å². The van der Waals surface area contributed by atoms with Crippen molar-refractivity contribution in [2.24, 2.45) is 7.05 Å². The molecule has 0 atom stereocenters. The van der Waals surface area contributed by atoms with E-state index in [0.717, 1.165) is 16.3 Å². The Morgan fingerprint density at radius 3 is 2.86 bits per heavy atom. The summed E-state index contributed by atoms with van der Waals surface area (Å²) in [6.45, 7) is 0.406. The summed E-state index contributed by atoms with van der Waals surface area (Å²) >= 11 is 1.55. The van der Waals surface area contributed by atoms with Crippen molar-refractivity contribution >= 4 is 23.0 Å². The number of anilines is 1. The van der Waals surface area contributed by atoms with Crippen LogP contribution in [0.3, 0.4) is 0 Å². The van der Waals surface area contributed by atoms with Gasteiger partial charge in [0, 0.05) is 18.0 Å². The van der Waals surface area contributed by atoms with Gasteiger partial charge < -0.3 is 15.4 Å². The Hall–Kier alpha value is -2.74. The molecule has 3 rings (SSSR count). The summed E-state index contributed by atoms with van der Waals surface area (Å²) in [7, 11) is 1.71. The molecule has 2 heterocycles. The molecule has 0 aliphatic carbocycles. The Bertz CT molecular complexity index is 797. The van der Waals surface area contributed by atoms with Gasteiger partial charge in [-0.1, -0.05) is 30.3 Å². The van der Waals surface area contributed by atoms with Crippen LogP contribution in [0, 0.1) is 10.1 Å². The highest BCUT2D eigenvalue weighted by atomic mass is 32.1. The van der Waals surface area contributed by atoms with Crippen LogP contribution in [0.5, 0.6) is 0 Å². The molecule has 2 aromatic heterocycles. The second-order valence-electron chi connectivity index (χ2n) is 4.65. The zero-order chi connectivity index (χ0) is 15.5. The molecule has 0 saturated heterocycles. The van der Waals surface area contributed by atoms with Crippen LogP contribution in [0.4, 0.5) is 11.6 Å². The molecule has 0 radical (unpaired) electrons. The van der Waals surface area contributed by atoms with E-state index in [-0.39, 0.29) is 5.82 Å². The number of hydrogen-bond acceptors (Lipinski definition) is 6. The van der Waals surface area contributed by atoms with Gasteiger partial charge in [-0.05, 0) is 9.91 Å². The third-order valence-electron chi connectivity index (χ3n) is 3.10. The molecule has 112 valence electrons. The topological polar surface area (TPSA) is 85.9 Å². The first-order valence-electron chi connectivity index (χ1n) is 6.54. The van der Waals surface area contributed by atoms with Crippen molar-refractivity contribution in [1.29, 1.82) is 0 Å². The number of nitrogens with zero attached hydrogens (tertiary/aromatic N) is 4. The smallest absolute Gasteiger partial charge is 0.359 e. The molecule has 0 aliphatic heterocycles. The second-order valence-corrected chi connectivity index (χ2v) is 5.51. The third kappa shape index (κ3) is 2.82. The SMILES string of the molecule is Cn1cnc([N+](=O)[O-])c1NCc1csc(-c2ccccc2)n1. The van der Waals surface area contributed by atoms with E-state index in [1.54, 1.807) is 23.0 Å². The minimum Gasteiger partial charge on any atom is -0.359 e. The van der Waals surface area contributed by atoms with Gasteiger partial charge in [0.1, 0.15) is 5.01 Å². The number of aromatic nitrogens is 3. The number of thiazole rings is 1. The Morgan fingerprint density at radius 2 is 2.14 bits per heavy atom. The molecule has 0 aliphatic rings. The largest absolute Gasteiger partial charge is 0.406 e. The van der Waals surface area contributed by atoms with Crippen LogP contribution in [0.2, 0.25) is 0 Å². The van der Waals surface area contributed by atoms with Crippen molar-refractivity contribution in [3.8, 4) is 10.6 Å². The van der Waals surface area contributed by atoms with E-state index in [1.165, 1.54) is 6.33 Å². The fourth-order valence-corrected chi connectivity index (χ4v) is 2.86. The monoisotopic (exact) mass is 315 g/mol. The van der Waals surface area contributed by atoms with E-state index in [4.69, 9.17) is 0 Å². The van der Waals surface area contributed by atoms with E-state index in [9.17, 15) is 10.1 Å². The van der Waals surface area contributed by atoms with Crippen LogP contribution in [0.15, 0.2) is 42.0 Å². The molecule has 0 unspecified atom stereocenters. The zero-order valence-electron chi connectivity index (χ0n) is 11.8. The van der Waals surface area contributed by atoms with E-state index in [1.807, 2.05) is 35.7 Å². The summed E-state index contributed by atoms with van der Waals surface area (Å²) in [6, 6.07) is 9.90. The lowest BCUT2D eigenvalue weighted by Gasteiger charge is -2.04. The van der Waals surface area contributed by atoms with Gasteiger partial charge in [0.05, 0.1) is 12.2 Å². The third-order valence-corrected chi connectivity index (χ3v) is 4.04. The highest BCUT2D eigenvalue weighted by Gasteiger charge is 2.19. The van der Waals surface area contributed by atoms with E-state index in [0.29, 0.717) is 12.4 Å². The number of nitro groups is 1. The molecular formula is C14H13N5O2S. The quantitative estimate of drug-likeness (QED) is 0.577. The molecular weight excluding hydrogens is 302 g/mol. The van der Waals surface area contributed by atoms with E-state index in [2.05, 4.69) is 15.3 Å². The maximum atomic E-state index is 10.9. The van der Waals surface area contributed by atoms with Gasteiger partial charge in [-0.25, -0.2) is 4.98 Å². The first-order valence-corrected chi connectivity index (χ1v) is 7.42. The number of rotatable bonds is 5. The van der Waals surface area contributed by atoms with Crippen LogP contribution < -0.4 is 5.32 Å². The lowest BCUT2D eigenvalue weighted by molar-refractivity contribution is -0.388. The van der Waals surface area contributed by atoms with Gasteiger partial charge in [0.25, 0.3) is 0 Å². The molecule has 8 heteroatoms. The minimum absolute atomic E-state index is 0.180. The summed E-state index contributed by atoms with van der Waals surface area (Å²) in [5.74, 6) is 0.195. The predicted octanol–water partition coefficient (Wildman–Crippen LogP) is 3.06. The van der Waals surface area contributed by atoms with Gasteiger partial charge >= 0.3 is 5.82 Å². The predicted molar refractivity (Wildman–Crippen MR) is 84.7 cm³/mol. The molecule has 3 aromatic rings. The first-order chi connectivity index (χ1) is 10.6. The van der Waals surface area contributed by atoms with E-state index < -0.39 is 4.92 Å². The average molecular weight is 315 g/mol. The summed E-state index contributed by atoms with van der Waals surface area (Å²) in [6.07, 6.45) is 1.41. The minimum atomic E-state index is -0.501. The lowest BCUT2D eigenvalue weighted by atomic mass is 10.2. The summed E-state index contributed by atoms with van der Waals surface area (Å²) in [5, 5.41) is 16.8. The number of hydrogen-bond donors (Lipinski definition) is 1. The molecule has 0 saturated carbocycles. The summed E-state index contributed by atoms with van der Waals surface area (Å²) < 4.78 is 1.59. The van der Waals surface area contributed by atoms with Gasteiger partial charge in [0.15, 0.2) is 0 Å². The fraction of sp³-hybridized carbons (Fsp3) is 0.143. The van der Waals surface area contributed by atoms with Crippen LogP contribution >= 0.6 is 11.3 Å². The summed E-state index contributed by atoms with van der Waals surface area (Å²) in [5.41, 5.74) is 1.89. The Labute approximate surface area is 130 Å². The van der Waals surface area contributed by atoms with Gasteiger partial charge in [0.2, 0.25) is 12.1 Å². The van der Waals surface area contributed by atoms with Crippen LogP contribution in [0.25, 0.3) is 10.6 Å². The molecule has 7 nitrogen and oxygen atoms in total. The van der Waals surface area contributed by atoms with Crippen molar-refractivity contribution in [3.63, 3.8) is 0 Å². The van der Waals surface area contributed by atoms with Crippen molar-refractivity contribution in [1.82, 2.24) is 14.5 Å². The Balaban J connectivity index is 1.74. The van der Waals surface area contributed by atoms with Crippen LogP contribution in [0.1, 0.15) is 5.69 Å². The van der Waals surface area contributed by atoms with Gasteiger partial charge in [-0.15, -0.1) is 11.3 Å². The molecule has 1 N–H and O–H groups in total. The molecule has 0 bridgehead atoms. The van der Waals surface area contributed by atoms with Gasteiger partial charge in [-0.2, -0.15) is 0 Å². The average Bonchev–Trinajstić information content (AvgIpc) is 3.13. The van der Waals surface area contributed by atoms with Crippen molar-refractivity contribution in [2.45, 2.75) is 6.54 Å².